The summed E-state index contributed by atoms with van der Waals surface area (Å²) in [5.74, 6) is -2.15. The molecule has 0 saturated carbocycles. The Bertz CT molecular complexity index is 1070. The number of aromatic nitrogens is 1. The molecule has 0 aliphatic carbocycles. The first-order chi connectivity index (χ1) is 17.1. The lowest BCUT2D eigenvalue weighted by Gasteiger charge is -2.38. The third kappa shape index (κ3) is 6.21. The van der Waals surface area contributed by atoms with Gasteiger partial charge in [0.1, 0.15) is 15.7 Å². The van der Waals surface area contributed by atoms with Crippen molar-refractivity contribution >= 4 is 51.6 Å². The van der Waals surface area contributed by atoms with Gasteiger partial charge in [-0.1, -0.05) is 29.9 Å². The molecule has 5 N–H and O–H groups in total. The highest BCUT2D eigenvalue weighted by atomic mass is 35.5. The summed E-state index contributed by atoms with van der Waals surface area (Å²) in [6.07, 6.45) is 0.687. The quantitative estimate of drug-likeness (QED) is 0.309. The fraction of sp³-hybridized carbons (Fsp3) is 0.591. The number of halogens is 1. The van der Waals surface area contributed by atoms with Crippen LogP contribution in [0.25, 0.3) is 0 Å². The van der Waals surface area contributed by atoms with E-state index in [-0.39, 0.29) is 27.5 Å². The number of hydrogen-bond donors (Lipinski definition) is 4. The van der Waals surface area contributed by atoms with Crippen LogP contribution in [0, 0.1) is 0 Å². The van der Waals surface area contributed by atoms with E-state index in [1.54, 1.807) is 0 Å². The number of nitrogens with one attached hydrogen (secondary N) is 2. The van der Waals surface area contributed by atoms with Gasteiger partial charge in [-0.2, -0.15) is 0 Å². The van der Waals surface area contributed by atoms with Crippen molar-refractivity contribution in [2.75, 3.05) is 52.3 Å². The summed E-state index contributed by atoms with van der Waals surface area (Å²) in [7, 11) is 5.28. The van der Waals surface area contributed by atoms with Crippen LogP contribution in [0.1, 0.15) is 39.9 Å². The van der Waals surface area contributed by atoms with Crippen LogP contribution in [-0.4, -0.2) is 104 Å². The maximum atomic E-state index is 12.9. The van der Waals surface area contributed by atoms with E-state index in [0.29, 0.717) is 44.2 Å². The van der Waals surface area contributed by atoms with E-state index in [1.807, 2.05) is 30.8 Å². The average Bonchev–Trinajstić information content (AvgIpc) is 3.40. The van der Waals surface area contributed by atoms with Gasteiger partial charge in [-0.05, 0) is 32.5 Å². The van der Waals surface area contributed by atoms with Gasteiger partial charge >= 0.3 is 5.97 Å². The molecule has 0 aromatic carbocycles. The Labute approximate surface area is 218 Å². The van der Waals surface area contributed by atoms with Gasteiger partial charge in [0, 0.05) is 33.3 Å². The van der Waals surface area contributed by atoms with Crippen LogP contribution in [0.3, 0.4) is 0 Å². The zero-order valence-electron chi connectivity index (χ0n) is 20.7. The van der Waals surface area contributed by atoms with Gasteiger partial charge < -0.3 is 36.0 Å². The van der Waals surface area contributed by atoms with Crippen molar-refractivity contribution in [2.24, 2.45) is 10.7 Å². The topological polar surface area (TPSA) is 162 Å². The number of likely N-dealkylation sites (N-methyl/N-ethyl adjacent to an activating group) is 1. The largest absolute Gasteiger partial charge is 0.477 e. The number of amides is 2. The second-order valence-electron chi connectivity index (χ2n) is 8.77. The minimum atomic E-state index is -1.21. The molecule has 3 heterocycles. The summed E-state index contributed by atoms with van der Waals surface area (Å²) in [4.78, 5) is 49.4. The smallest absolute Gasteiger partial charge is 0.348 e. The van der Waals surface area contributed by atoms with Gasteiger partial charge in [-0.25, -0.2) is 14.8 Å². The molecular formula is C22H32ClN7O5S. The molecule has 0 bridgehead atoms. The summed E-state index contributed by atoms with van der Waals surface area (Å²) >= 11 is 7.06. The molecule has 3 atom stereocenters. The molecule has 2 amide bonds. The van der Waals surface area contributed by atoms with Gasteiger partial charge in [0.15, 0.2) is 10.8 Å². The third-order valence-corrected chi connectivity index (χ3v) is 7.52. The van der Waals surface area contributed by atoms with Crippen LogP contribution >= 0.6 is 22.9 Å². The van der Waals surface area contributed by atoms with Crippen molar-refractivity contribution in [3.8, 4) is 0 Å². The Kier molecular flexibility index (Phi) is 9.41. The van der Waals surface area contributed by atoms with E-state index in [2.05, 4.69) is 20.6 Å². The lowest BCUT2D eigenvalue weighted by molar-refractivity contribution is -0.116. The van der Waals surface area contributed by atoms with Crippen LogP contribution < -0.4 is 21.3 Å². The number of methoxy groups -OCH3 is 1. The summed E-state index contributed by atoms with van der Waals surface area (Å²) in [5.41, 5.74) is 6.92. The fourth-order valence-corrected chi connectivity index (χ4v) is 5.33. The second kappa shape index (κ2) is 12.1. The molecular weight excluding hydrogens is 510 g/mol. The van der Waals surface area contributed by atoms with Crippen molar-refractivity contribution in [3.05, 3.63) is 21.3 Å². The Morgan fingerprint density at radius 2 is 2.06 bits per heavy atom. The highest BCUT2D eigenvalue weighted by molar-refractivity contribution is 7.17. The van der Waals surface area contributed by atoms with Gasteiger partial charge in [0.05, 0.1) is 18.2 Å². The van der Waals surface area contributed by atoms with Gasteiger partial charge in [-0.3, -0.25) is 9.59 Å². The number of hydrogen-bond acceptors (Lipinski definition) is 10. The molecule has 0 spiro atoms. The van der Waals surface area contributed by atoms with Crippen LogP contribution in [-0.2, 0) is 9.53 Å². The molecule has 12 nitrogen and oxygen atoms in total. The number of piperidine rings is 1. The number of aliphatic imine (C=N–C) groups is 1. The number of carbonyl (C=O) groups excluding carboxylic acids is 2. The molecule has 0 radical (unpaired) electrons. The molecule has 1 aromatic rings. The predicted molar refractivity (Wildman–Crippen MR) is 138 cm³/mol. The summed E-state index contributed by atoms with van der Waals surface area (Å²) in [6, 6.07) is -0.971. The van der Waals surface area contributed by atoms with Gasteiger partial charge in [0.2, 0.25) is 0 Å². The molecule has 14 heteroatoms. The number of nitrogens with two attached hydrogens (primary N) is 1. The van der Waals surface area contributed by atoms with Crippen LogP contribution in [0.4, 0.5) is 5.13 Å². The normalized spacial score (nSPS) is 22.1. The highest BCUT2D eigenvalue weighted by Gasteiger charge is 2.36. The van der Waals surface area contributed by atoms with E-state index in [4.69, 9.17) is 22.1 Å². The zero-order chi connectivity index (χ0) is 26.6. The molecule has 1 saturated heterocycles. The number of rotatable bonds is 10. The molecule has 2 unspecified atom stereocenters. The molecule has 198 valence electrons. The Balaban J connectivity index is 1.68. The molecule has 36 heavy (non-hydrogen) atoms. The van der Waals surface area contributed by atoms with Gasteiger partial charge in [-0.15, -0.1) is 0 Å². The Morgan fingerprint density at radius 1 is 1.33 bits per heavy atom. The standard InChI is InChI=1S/C22H32ClN7O5S/c1-5-11-14(24)15(27-18(11)23)20(32)26-12-6-8-30(10-13(12)35-4)22-28-16(17(36-22)21(33)34)19(31)25-7-9-29(2)3/h12-14H,5-10,24H2,1-4H3,(H,25,31)(H,26,32)(H,33,34)/t12?,13-,14?/m0/s1. The Morgan fingerprint density at radius 3 is 2.64 bits per heavy atom. The minimum absolute atomic E-state index is 0.116. The van der Waals surface area contributed by atoms with E-state index in [0.717, 1.165) is 16.9 Å². The maximum Gasteiger partial charge on any atom is 0.348 e. The number of carboxylic acid groups (broad SMARTS) is 1. The number of thiazole rings is 1. The van der Waals surface area contributed by atoms with Crippen molar-refractivity contribution in [1.29, 1.82) is 0 Å². The minimum Gasteiger partial charge on any atom is -0.477 e. The molecule has 1 aromatic heterocycles. The lowest BCUT2D eigenvalue weighted by Crippen LogP contribution is -2.57. The van der Waals surface area contributed by atoms with Crippen LogP contribution in [0.2, 0.25) is 0 Å². The highest BCUT2D eigenvalue weighted by Crippen LogP contribution is 2.30. The number of nitrogens with zero attached hydrogens (tertiary/aromatic N) is 4. The number of aromatic carboxylic acids is 1. The van der Waals surface area contributed by atoms with Crippen molar-refractivity contribution in [2.45, 2.75) is 38.0 Å². The van der Waals surface area contributed by atoms with Crippen LogP contribution in [0.5, 0.6) is 0 Å². The van der Waals surface area contributed by atoms with Crippen LogP contribution in [0.15, 0.2) is 15.7 Å². The monoisotopic (exact) mass is 541 g/mol. The third-order valence-electron chi connectivity index (χ3n) is 6.09. The number of carbonyl (C=O) groups is 3. The lowest BCUT2D eigenvalue weighted by atomic mass is 10.00. The molecule has 2 aliphatic rings. The SMILES string of the molecule is CCC1=C(Cl)N=C(C(=O)NC2CCN(c3nc(C(=O)NCCN(C)C)c(C(=O)O)s3)C[C@@H]2OC)C1N. The first kappa shape index (κ1) is 28.0. The van der Waals surface area contributed by atoms with E-state index >= 15 is 0 Å². The van der Waals surface area contributed by atoms with Gasteiger partial charge in [0.25, 0.3) is 11.8 Å². The maximum absolute atomic E-state index is 12.9. The second-order valence-corrected chi connectivity index (χ2v) is 10.1. The summed E-state index contributed by atoms with van der Waals surface area (Å²) < 4.78 is 5.63. The summed E-state index contributed by atoms with van der Waals surface area (Å²) in [5, 5.41) is 15.9. The fourth-order valence-electron chi connectivity index (χ4n) is 4.05. The predicted octanol–water partition coefficient (Wildman–Crippen LogP) is 0.485. The summed E-state index contributed by atoms with van der Waals surface area (Å²) in [6.45, 7) is 3.69. The van der Waals surface area contributed by atoms with Crippen molar-refractivity contribution in [1.82, 2.24) is 20.5 Å². The Hall–Kier alpha value is -2.58. The average molecular weight is 542 g/mol. The molecule has 3 rings (SSSR count). The zero-order valence-corrected chi connectivity index (χ0v) is 22.3. The van der Waals surface area contributed by atoms with E-state index in [1.165, 1.54) is 7.11 Å². The van der Waals surface area contributed by atoms with E-state index < -0.39 is 29.9 Å². The van der Waals surface area contributed by atoms with Crippen molar-refractivity contribution < 1.29 is 24.2 Å². The molecule has 2 aliphatic heterocycles. The van der Waals surface area contributed by atoms with E-state index in [9.17, 15) is 19.5 Å². The number of carboxylic acids is 1. The van der Waals surface area contributed by atoms with Crippen molar-refractivity contribution in [3.63, 3.8) is 0 Å². The first-order valence-corrected chi connectivity index (χ1v) is 12.7. The number of ether oxygens (including phenoxy) is 1. The molecule has 1 fully saturated rings. The first-order valence-electron chi connectivity index (χ1n) is 11.6. The number of anilines is 1.